The lowest BCUT2D eigenvalue weighted by Crippen LogP contribution is -2.23. The lowest BCUT2D eigenvalue weighted by Gasteiger charge is -2.11. The van der Waals surface area contributed by atoms with Gasteiger partial charge in [0.2, 0.25) is 0 Å². The quantitative estimate of drug-likeness (QED) is 0.395. The molecular formula is C23H23N7O3S. The number of nitrogens with zero attached hydrogens (tertiary/aromatic N) is 5. The van der Waals surface area contributed by atoms with Gasteiger partial charge in [-0.3, -0.25) is 4.79 Å². The fraction of sp³-hybridized carbons (Fsp3) is 0.174. The maximum atomic E-state index is 12.7. The first-order valence-corrected chi connectivity index (χ1v) is 12.3. The number of nitrogens with one attached hydrogen (secondary N) is 2. The summed E-state index contributed by atoms with van der Waals surface area (Å²) < 4.78 is 25.8. The van der Waals surface area contributed by atoms with Crippen molar-refractivity contribution >= 4 is 21.4 Å². The number of hydrogen-bond acceptors (Lipinski definition) is 8. The molecule has 174 valence electrons. The van der Waals surface area contributed by atoms with Crippen LogP contribution in [0.2, 0.25) is 0 Å². The zero-order chi connectivity index (χ0) is 24.1. The van der Waals surface area contributed by atoms with Crippen LogP contribution < -0.4 is 10.6 Å². The van der Waals surface area contributed by atoms with E-state index in [0.717, 1.165) is 11.9 Å². The Labute approximate surface area is 197 Å². The molecule has 2 aromatic carbocycles. The summed E-state index contributed by atoms with van der Waals surface area (Å²) in [6.45, 7) is 0.492. The number of rotatable bonds is 8. The molecule has 0 saturated carbocycles. The first-order chi connectivity index (χ1) is 16.3. The van der Waals surface area contributed by atoms with E-state index < -0.39 is 9.84 Å². The van der Waals surface area contributed by atoms with Gasteiger partial charge in [-0.2, -0.15) is 0 Å². The summed E-state index contributed by atoms with van der Waals surface area (Å²) in [6.07, 6.45) is 4.25. The SMILES string of the molecule is Cn1c(CNc2cccc(C(=O)NCc3ccccc3S(C)(=O)=O)c2)nnc1-c1ccncn1. The van der Waals surface area contributed by atoms with Crippen LogP contribution in [0.25, 0.3) is 11.5 Å². The number of aromatic nitrogens is 5. The molecule has 2 heterocycles. The smallest absolute Gasteiger partial charge is 0.251 e. The lowest BCUT2D eigenvalue weighted by molar-refractivity contribution is 0.0950. The van der Waals surface area contributed by atoms with Crippen LogP contribution >= 0.6 is 0 Å². The molecule has 0 aliphatic heterocycles. The number of amides is 1. The summed E-state index contributed by atoms with van der Waals surface area (Å²) >= 11 is 0. The van der Waals surface area contributed by atoms with Gasteiger partial charge in [-0.25, -0.2) is 18.4 Å². The number of carbonyl (C=O) groups excluding carboxylic acids is 1. The van der Waals surface area contributed by atoms with Crippen molar-refractivity contribution in [1.29, 1.82) is 0 Å². The molecule has 2 aromatic heterocycles. The maximum absolute atomic E-state index is 12.7. The van der Waals surface area contributed by atoms with Gasteiger partial charge in [-0.1, -0.05) is 24.3 Å². The average Bonchev–Trinajstić information content (AvgIpc) is 3.21. The van der Waals surface area contributed by atoms with E-state index in [2.05, 4.69) is 30.8 Å². The third-order valence-electron chi connectivity index (χ3n) is 5.16. The van der Waals surface area contributed by atoms with Gasteiger partial charge in [0.25, 0.3) is 5.91 Å². The molecule has 11 heteroatoms. The topological polar surface area (TPSA) is 132 Å². The number of benzene rings is 2. The number of sulfone groups is 1. The third kappa shape index (κ3) is 5.26. The van der Waals surface area contributed by atoms with E-state index in [1.54, 1.807) is 48.7 Å². The van der Waals surface area contributed by atoms with Gasteiger partial charge in [0.1, 0.15) is 12.0 Å². The zero-order valence-electron chi connectivity index (χ0n) is 18.6. The predicted molar refractivity (Wildman–Crippen MR) is 127 cm³/mol. The van der Waals surface area contributed by atoms with E-state index in [9.17, 15) is 13.2 Å². The van der Waals surface area contributed by atoms with E-state index in [4.69, 9.17) is 0 Å². The monoisotopic (exact) mass is 477 g/mol. The van der Waals surface area contributed by atoms with Gasteiger partial charge < -0.3 is 15.2 Å². The van der Waals surface area contributed by atoms with Crippen molar-refractivity contribution in [3.63, 3.8) is 0 Å². The van der Waals surface area contributed by atoms with Crippen LogP contribution in [-0.2, 0) is 30.0 Å². The predicted octanol–water partition coefficient (Wildman–Crippen LogP) is 2.22. The molecule has 10 nitrogen and oxygen atoms in total. The Morgan fingerprint density at radius 2 is 1.85 bits per heavy atom. The van der Waals surface area contributed by atoms with E-state index in [1.165, 1.54) is 12.4 Å². The summed E-state index contributed by atoms with van der Waals surface area (Å²) in [6, 6.07) is 15.4. The van der Waals surface area contributed by atoms with Gasteiger partial charge >= 0.3 is 0 Å². The molecule has 0 aliphatic rings. The minimum absolute atomic E-state index is 0.102. The maximum Gasteiger partial charge on any atom is 0.251 e. The van der Waals surface area contributed by atoms with Crippen LogP contribution in [0.15, 0.2) is 72.0 Å². The molecule has 0 fully saturated rings. The summed E-state index contributed by atoms with van der Waals surface area (Å²) in [5.41, 5.74) is 2.39. The Morgan fingerprint density at radius 1 is 1.03 bits per heavy atom. The molecule has 4 rings (SSSR count). The standard InChI is InChI=1S/C23H23N7O3S/c1-30-21(28-29-22(30)19-10-11-24-15-27-19)14-25-18-8-5-7-16(12-18)23(31)26-13-17-6-3-4-9-20(17)34(2,32)33/h3-12,15,25H,13-14H2,1-2H3,(H,26,31). The Morgan fingerprint density at radius 3 is 2.62 bits per heavy atom. The zero-order valence-corrected chi connectivity index (χ0v) is 19.5. The van der Waals surface area contributed by atoms with Gasteiger partial charge in [0, 0.05) is 37.3 Å². The molecule has 0 saturated heterocycles. The number of hydrogen-bond donors (Lipinski definition) is 2. The molecule has 0 radical (unpaired) electrons. The summed E-state index contributed by atoms with van der Waals surface area (Å²) in [5.74, 6) is 1.01. The van der Waals surface area contributed by atoms with Crippen molar-refractivity contribution in [3.8, 4) is 11.5 Å². The minimum atomic E-state index is -3.39. The van der Waals surface area contributed by atoms with E-state index in [0.29, 0.717) is 35.0 Å². The number of anilines is 1. The van der Waals surface area contributed by atoms with Gasteiger partial charge in [0.05, 0.1) is 11.4 Å². The summed E-state index contributed by atoms with van der Waals surface area (Å²) in [4.78, 5) is 21.0. The highest BCUT2D eigenvalue weighted by Crippen LogP contribution is 2.17. The lowest BCUT2D eigenvalue weighted by atomic mass is 10.1. The minimum Gasteiger partial charge on any atom is -0.378 e. The van der Waals surface area contributed by atoms with E-state index >= 15 is 0 Å². The van der Waals surface area contributed by atoms with Crippen LogP contribution in [-0.4, -0.2) is 45.3 Å². The van der Waals surface area contributed by atoms with Crippen molar-refractivity contribution < 1.29 is 13.2 Å². The Balaban J connectivity index is 1.41. The number of carbonyl (C=O) groups is 1. The second-order valence-electron chi connectivity index (χ2n) is 7.59. The van der Waals surface area contributed by atoms with E-state index in [1.807, 2.05) is 17.7 Å². The molecule has 34 heavy (non-hydrogen) atoms. The summed E-state index contributed by atoms with van der Waals surface area (Å²) in [7, 11) is -1.53. The molecule has 0 bridgehead atoms. The van der Waals surface area contributed by atoms with Crippen molar-refractivity contribution in [1.82, 2.24) is 30.0 Å². The molecular weight excluding hydrogens is 454 g/mol. The van der Waals surface area contributed by atoms with E-state index in [-0.39, 0.29) is 17.3 Å². The Bertz CT molecular complexity index is 1420. The second-order valence-corrected chi connectivity index (χ2v) is 9.57. The molecule has 4 aromatic rings. The highest BCUT2D eigenvalue weighted by Gasteiger charge is 2.14. The first-order valence-electron chi connectivity index (χ1n) is 10.4. The van der Waals surface area contributed by atoms with Crippen LogP contribution in [0.4, 0.5) is 5.69 Å². The molecule has 1 amide bonds. The molecule has 0 atom stereocenters. The van der Waals surface area contributed by atoms with Crippen LogP contribution in [0.3, 0.4) is 0 Å². The Hall–Kier alpha value is -4.12. The fourth-order valence-electron chi connectivity index (χ4n) is 3.40. The highest BCUT2D eigenvalue weighted by atomic mass is 32.2. The van der Waals surface area contributed by atoms with Crippen LogP contribution in [0.5, 0.6) is 0 Å². The molecule has 0 unspecified atom stereocenters. The highest BCUT2D eigenvalue weighted by molar-refractivity contribution is 7.90. The molecule has 0 aliphatic carbocycles. The summed E-state index contributed by atoms with van der Waals surface area (Å²) in [5, 5.41) is 14.5. The van der Waals surface area contributed by atoms with Crippen LogP contribution in [0, 0.1) is 0 Å². The first kappa shape index (κ1) is 23.1. The van der Waals surface area contributed by atoms with Crippen molar-refractivity contribution in [2.24, 2.45) is 7.05 Å². The third-order valence-corrected chi connectivity index (χ3v) is 6.36. The largest absolute Gasteiger partial charge is 0.378 e. The Kier molecular flexibility index (Phi) is 6.64. The van der Waals surface area contributed by atoms with Crippen molar-refractivity contribution in [2.45, 2.75) is 18.0 Å². The van der Waals surface area contributed by atoms with Crippen molar-refractivity contribution in [3.05, 3.63) is 84.1 Å². The second kappa shape index (κ2) is 9.79. The molecule has 2 N–H and O–H groups in total. The average molecular weight is 478 g/mol. The normalized spacial score (nSPS) is 11.2. The van der Waals surface area contributed by atoms with Crippen molar-refractivity contribution in [2.75, 3.05) is 11.6 Å². The molecule has 0 spiro atoms. The van der Waals surface area contributed by atoms with Gasteiger partial charge in [-0.05, 0) is 35.9 Å². The van der Waals surface area contributed by atoms with Gasteiger partial charge in [0.15, 0.2) is 21.5 Å². The van der Waals surface area contributed by atoms with Gasteiger partial charge in [-0.15, -0.1) is 10.2 Å². The fourth-order valence-corrected chi connectivity index (χ4v) is 4.34. The van der Waals surface area contributed by atoms with Crippen LogP contribution in [0.1, 0.15) is 21.7 Å².